The van der Waals surface area contributed by atoms with Crippen LogP contribution in [0.4, 0.5) is 0 Å². The molecule has 1 aliphatic carbocycles. The number of benzene rings is 1. The third-order valence-corrected chi connectivity index (χ3v) is 5.49. The van der Waals surface area contributed by atoms with Gasteiger partial charge in [0, 0.05) is 36.1 Å². The summed E-state index contributed by atoms with van der Waals surface area (Å²) in [7, 11) is 0. The van der Waals surface area contributed by atoms with Gasteiger partial charge in [-0.25, -0.2) is 4.98 Å². The van der Waals surface area contributed by atoms with E-state index >= 15 is 0 Å². The molecule has 0 atom stereocenters. The van der Waals surface area contributed by atoms with Crippen LogP contribution in [-0.4, -0.2) is 28.9 Å². The van der Waals surface area contributed by atoms with E-state index in [9.17, 15) is 4.79 Å². The largest absolute Gasteiger partial charge is 0.441 e. The van der Waals surface area contributed by atoms with Crippen LogP contribution in [0.15, 0.2) is 28.7 Å². The highest BCUT2D eigenvalue weighted by molar-refractivity contribution is 6.30. The van der Waals surface area contributed by atoms with Crippen LogP contribution in [-0.2, 0) is 11.3 Å². The molecule has 2 aromatic rings. The second kappa shape index (κ2) is 5.60. The Morgan fingerprint density at radius 3 is 2.67 bits per heavy atom. The third kappa shape index (κ3) is 2.72. The number of oxazole rings is 1. The molecule has 2 heterocycles. The topological polar surface area (TPSA) is 72.4 Å². The highest BCUT2D eigenvalue weighted by Gasteiger charge is 2.53. The molecule has 1 saturated heterocycles. The van der Waals surface area contributed by atoms with Crippen molar-refractivity contribution in [1.82, 2.24) is 9.88 Å². The molecule has 1 spiro atoms. The highest BCUT2D eigenvalue weighted by Crippen LogP contribution is 2.52. The van der Waals surface area contributed by atoms with Gasteiger partial charge in [-0.15, -0.1) is 0 Å². The van der Waals surface area contributed by atoms with Crippen LogP contribution in [0.5, 0.6) is 0 Å². The van der Waals surface area contributed by atoms with Crippen LogP contribution >= 0.6 is 11.6 Å². The number of likely N-dealkylation sites (tertiary alicyclic amines) is 1. The van der Waals surface area contributed by atoms with Gasteiger partial charge in [0.1, 0.15) is 5.76 Å². The number of carbonyl (C=O) groups excluding carboxylic acids is 1. The van der Waals surface area contributed by atoms with E-state index in [4.69, 9.17) is 21.8 Å². The SMILES string of the molecule is Cc1oc(-c2ccc(Cl)cc2)nc1CN1CC2(CC(C(N)=O)C2)C1. The number of amides is 1. The summed E-state index contributed by atoms with van der Waals surface area (Å²) in [5.74, 6) is 1.41. The van der Waals surface area contributed by atoms with Crippen molar-refractivity contribution >= 4 is 17.5 Å². The average molecular weight is 346 g/mol. The summed E-state index contributed by atoms with van der Waals surface area (Å²) in [4.78, 5) is 18.2. The van der Waals surface area contributed by atoms with E-state index in [1.54, 1.807) is 0 Å². The fourth-order valence-electron chi connectivity index (χ4n) is 3.96. The number of carbonyl (C=O) groups is 1. The third-order valence-electron chi connectivity index (χ3n) is 5.24. The number of primary amides is 1. The van der Waals surface area contributed by atoms with Gasteiger partial charge < -0.3 is 10.2 Å². The Bertz CT molecular complexity index is 770. The number of nitrogens with zero attached hydrogens (tertiary/aromatic N) is 2. The first-order valence-corrected chi connectivity index (χ1v) is 8.56. The lowest BCUT2D eigenvalue weighted by molar-refractivity contribution is -0.142. The van der Waals surface area contributed by atoms with Gasteiger partial charge in [0.25, 0.3) is 0 Å². The van der Waals surface area contributed by atoms with Gasteiger partial charge in [0.15, 0.2) is 0 Å². The zero-order valence-corrected chi connectivity index (χ0v) is 14.3. The lowest BCUT2D eigenvalue weighted by Crippen LogP contribution is -2.63. The van der Waals surface area contributed by atoms with Crippen molar-refractivity contribution in [3.05, 3.63) is 40.7 Å². The van der Waals surface area contributed by atoms with Crippen LogP contribution < -0.4 is 5.73 Å². The lowest BCUT2D eigenvalue weighted by atomic mass is 9.57. The monoisotopic (exact) mass is 345 g/mol. The lowest BCUT2D eigenvalue weighted by Gasteiger charge is -2.58. The van der Waals surface area contributed by atoms with E-state index in [0.29, 0.717) is 16.3 Å². The maximum Gasteiger partial charge on any atom is 0.226 e. The molecule has 2 aliphatic rings. The van der Waals surface area contributed by atoms with Crippen LogP contribution in [0.3, 0.4) is 0 Å². The van der Waals surface area contributed by atoms with E-state index in [2.05, 4.69) is 9.88 Å². The Labute approximate surface area is 145 Å². The van der Waals surface area contributed by atoms with Crippen molar-refractivity contribution < 1.29 is 9.21 Å². The summed E-state index contributed by atoms with van der Waals surface area (Å²) in [6.45, 7) is 4.76. The number of aromatic nitrogens is 1. The molecule has 1 aromatic heterocycles. The van der Waals surface area contributed by atoms with E-state index in [1.165, 1.54) is 0 Å². The van der Waals surface area contributed by atoms with Gasteiger partial charge >= 0.3 is 0 Å². The molecular weight excluding hydrogens is 326 g/mol. The van der Waals surface area contributed by atoms with Crippen molar-refractivity contribution in [3.8, 4) is 11.5 Å². The number of hydrogen-bond donors (Lipinski definition) is 1. The van der Waals surface area contributed by atoms with E-state index in [1.807, 2.05) is 31.2 Å². The quantitative estimate of drug-likeness (QED) is 0.924. The van der Waals surface area contributed by atoms with E-state index in [-0.39, 0.29) is 11.8 Å². The molecule has 2 fully saturated rings. The Morgan fingerprint density at radius 1 is 1.38 bits per heavy atom. The maximum absolute atomic E-state index is 11.2. The van der Waals surface area contributed by atoms with Crippen molar-refractivity contribution in [2.45, 2.75) is 26.3 Å². The van der Waals surface area contributed by atoms with Gasteiger partial charge in [-0.3, -0.25) is 9.69 Å². The molecule has 1 aliphatic heterocycles. The highest BCUT2D eigenvalue weighted by atomic mass is 35.5. The molecule has 1 amide bonds. The van der Waals surface area contributed by atoms with Crippen LogP contribution in [0, 0.1) is 18.3 Å². The van der Waals surface area contributed by atoms with Gasteiger partial charge in [0.05, 0.1) is 5.69 Å². The second-order valence-electron chi connectivity index (χ2n) is 7.18. The van der Waals surface area contributed by atoms with Gasteiger partial charge in [-0.2, -0.15) is 0 Å². The summed E-state index contributed by atoms with van der Waals surface area (Å²) in [5, 5.41) is 0.697. The predicted molar refractivity (Wildman–Crippen MR) is 91.3 cm³/mol. The Morgan fingerprint density at radius 2 is 2.04 bits per heavy atom. The first-order valence-electron chi connectivity index (χ1n) is 8.18. The summed E-state index contributed by atoms with van der Waals surface area (Å²) in [6.07, 6.45) is 1.87. The van der Waals surface area contributed by atoms with Crippen molar-refractivity contribution in [1.29, 1.82) is 0 Å². The molecule has 2 N–H and O–H groups in total. The Balaban J connectivity index is 1.38. The second-order valence-corrected chi connectivity index (χ2v) is 7.62. The normalized spacial score (nSPS) is 19.9. The van der Waals surface area contributed by atoms with Crippen LogP contribution in [0.25, 0.3) is 11.5 Å². The van der Waals surface area contributed by atoms with Crippen molar-refractivity contribution in [2.24, 2.45) is 17.1 Å². The van der Waals surface area contributed by atoms with Crippen LogP contribution in [0.1, 0.15) is 24.3 Å². The minimum Gasteiger partial charge on any atom is -0.441 e. The first kappa shape index (κ1) is 15.7. The van der Waals surface area contributed by atoms with E-state index in [0.717, 1.165) is 49.5 Å². The minimum absolute atomic E-state index is 0.0810. The first-order chi connectivity index (χ1) is 11.4. The fraction of sp³-hybridized carbons (Fsp3) is 0.444. The summed E-state index contributed by atoms with van der Waals surface area (Å²) in [6, 6.07) is 7.49. The van der Waals surface area contributed by atoms with Crippen molar-refractivity contribution in [2.75, 3.05) is 13.1 Å². The Hall–Kier alpha value is -1.85. The summed E-state index contributed by atoms with van der Waals surface area (Å²) >= 11 is 5.92. The zero-order valence-electron chi connectivity index (χ0n) is 13.6. The number of nitrogens with two attached hydrogens (primary N) is 1. The summed E-state index contributed by atoms with van der Waals surface area (Å²) < 4.78 is 5.81. The predicted octanol–water partition coefficient (Wildman–Crippen LogP) is 3.00. The van der Waals surface area contributed by atoms with Gasteiger partial charge in [0.2, 0.25) is 11.8 Å². The standard InChI is InChI=1S/C18H20ClN3O2/c1-11-15(21-17(24-11)12-2-4-14(19)5-3-12)8-22-9-18(10-22)6-13(7-18)16(20)23/h2-5,13H,6-10H2,1H3,(H2,20,23). The number of hydrogen-bond acceptors (Lipinski definition) is 4. The molecular formula is C18H20ClN3O2. The molecule has 6 heteroatoms. The Kier molecular flexibility index (Phi) is 3.66. The smallest absolute Gasteiger partial charge is 0.226 e. The molecule has 126 valence electrons. The molecule has 24 heavy (non-hydrogen) atoms. The van der Waals surface area contributed by atoms with Gasteiger partial charge in [-0.05, 0) is 49.4 Å². The van der Waals surface area contributed by atoms with E-state index < -0.39 is 0 Å². The molecule has 1 aromatic carbocycles. The molecule has 1 saturated carbocycles. The molecule has 0 radical (unpaired) electrons. The molecule has 0 bridgehead atoms. The van der Waals surface area contributed by atoms with Crippen LogP contribution in [0.2, 0.25) is 5.02 Å². The number of aryl methyl sites for hydroxylation is 1. The zero-order chi connectivity index (χ0) is 16.9. The summed E-state index contributed by atoms with van der Waals surface area (Å²) in [5.41, 5.74) is 7.58. The molecule has 0 unspecified atom stereocenters. The average Bonchev–Trinajstić information content (AvgIpc) is 2.81. The maximum atomic E-state index is 11.2. The fourth-order valence-corrected chi connectivity index (χ4v) is 4.09. The minimum atomic E-state index is -0.154. The van der Waals surface area contributed by atoms with Gasteiger partial charge in [-0.1, -0.05) is 11.6 Å². The van der Waals surface area contributed by atoms with Crippen molar-refractivity contribution in [3.63, 3.8) is 0 Å². The number of halogens is 1. The number of rotatable bonds is 4. The molecule has 4 rings (SSSR count). The molecule has 5 nitrogen and oxygen atoms in total.